The number of ether oxygens (including phenoxy) is 1. The average Bonchev–Trinajstić information content (AvgIpc) is 3.50. The largest absolute Gasteiger partial charge is 0.453 e. The summed E-state index contributed by atoms with van der Waals surface area (Å²) in [5.74, 6) is 1.72. The first-order chi connectivity index (χ1) is 22.3. The predicted octanol–water partition coefficient (Wildman–Crippen LogP) is 12.1. The van der Waals surface area contributed by atoms with E-state index < -0.39 is 0 Å². The lowest BCUT2D eigenvalue weighted by Crippen LogP contribution is -2.03. The highest BCUT2D eigenvalue weighted by Gasteiger charge is 2.23. The third-order valence-corrected chi connectivity index (χ3v) is 9.52. The Morgan fingerprint density at radius 2 is 0.933 bits per heavy atom. The Morgan fingerprint density at radius 3 is 1.69 bits per heavy atom. The highest BCUT2D eigenvalue weighted by molar-refractivity contribution is 6.25. The van der Waals surface area contributed by atoms with Crippen molar-refractivity contribution in [1.29, 1.82) is 0 Å². The second-order valence-electron chi connectivity index (χ2n) is 12.1. The van der Waals surface area contributed by atoms with Gasteiger partial charge in [-0.25, -0.2) is 0 Å². The summed E-state index contributed by atoms with van der Waals surface area (Å²) in [4.78, 5) is 0. The maximum atomic E-state index is 6.63. The normalized spacial score (nSPS) is 12.5. The predicted molar refractivity (Wildman–Crippen MR) is 186 cm³/mol. The lowest BCUT2D eigenvalue weighted by atomic mass is 9.91. The minimum Gasteiger partial charge on any atom is -0.453 e. The Kier molecular flexibility index (Phi) is 5.09. The molecule has 1 aromatic heterocycles. The molecule has 2 nitrogen and oxygen atoms in total. The third-order valence-electron chi connectivity index (χ3n) is 9.52. The Bertz CT molecular complexity index is 2620. The van der Waals surface area contributed by atoms with Crippen LogP contribution in [0, 0.1) is 0 Å². The summed E-state index contributed by atoms with van der Waals surface area (Å²) in [5, 5.41) is 9.95. The molecule has 9 aromatic rings. The zero-order valence-electron chi connectivity index (χ0n) is 24.4. The summed E-state index contributed by atoms with van der Waals surface area (Å²) in [6.07, 6.45) is 0.817. The smallest absolute Gasteiger partial charge is 0.178 e. The van der Waals surface area contributed by atoms with E-state index in [-0.39, 0.29) is 0 Å². The second-order valence-corrected chi connectivity index (χ2v) is 12.1. The van der Waals surface area contributed by atoms with E-state index in [0.717, 1.165) is 56.5 Å². The number of furan rings is 1. The van der Waals surface area contributed by atoms with Crippen LogP contribution in [-0.2, 0) is 6.42 Å². The molecule has 10 rings (SSSR count). The van der Waals surface area contributed by atoms with Gasteiger partial charge in [-0.3, -0.25) is 0 Å². The minimum absolute atomic E-state index is 0.817. The van der Waals surface area contributed by atoms with Crippen LogP contribution in [0.15, 0.2) is 150 Å². The first-order valence-electron chi connectivity index (χ1n) is 15.5. The molecule has 8 aromatic carbocycles. The van der Waals surface area contributed by atoms with E-state index in [1.54, 1.807) is 0 Å². The van der Waals surface area contributed by atoms with Crippen molar-refractivity contribution < 1.29 is 9.15 Å². The molecule has 2 heterocycles. The van der Waals surface area contributed by atoms with Gasteiger partial charge in [0.25, 0.3) is 0 Å². The molecule has 2 heteroatoms. The molecule has 0 aliphatic carbocycles. The maximum Gasteiger partial charge on any atom is 0.178 e. The molecule has 0 spiro atoms. The van der Waals surface area contributed by atoms with Crippen LogP contribution in [0.3, 0.4) is 0 Å². The van der Waals surface area contributed by atoms with Crippen molar-refractivity contribution >= 4 is 54.3 Å². The van der Waals surface area contributed by atoms with Gasteiger partial charge in [-0.1, -0.05) is 115 Å². The molecule has 0 saturated carbocycles. The van der Waals surface area contributed by atoms with Gasteiger partial charge in [0.05, 0.1) is 0 Å². The van der Waals surface area contributed by atoms with Gasteiger partial charge < -0.3 is 9.15 Å². The molecule has 0 fully saturated rings. The van der Waals surface area contributed by atoms with Gasteiger partial charge in [0.15, 0.2) is 11.3 Å². The van der Waals surface area contributed by atoms with Gasteiger partial charge in [0.2, 0.25) is 0 Å². The van der Waals surface area contributed by atoms with Gasteiger partial charge >= 0.3 is 0 Å². The van der Waals surface area contributed by atoms with Crippen molar-refractivity contribution in [3.05, 3.63) is 157 Å². The van der Waals surface area contributed by atoms with Crippen LogP contribution in [0.25, 0.3) is 76.5 Å². The molecular weight excluding hydrogens is 548 g/mol. The Hall–Kier alpha value is -5.86. The van der Waals surface area contributed by atoms with E-state index in [9.17, 15) is 0 Å². The fourth-order valence-electron chi connectivity index (χ4n) is 7.31. The number of rotatable bonds is 2. The van der Waals surface area contributed by atoms with E-state index in [2.05, 4.69) is 133 Å². The van der Waals surface area contributed by atoms with Crippen LogP contribution < -0.4 is 4.74 Å². The number of benzene rings is 8. The van der Waals surface area contributed by atoms with Crippen molar-refractivity contribution in [3.8, 4) is 33.8 Å². The topological polar surface area (TPSA) is 22.4 Å². The Morgan fingerprint density at radius 1 is 0.378 bits per heavy atom. The highest BCUT2D eigenvalue weighted by atomic mass is 16.5. The van der Waals surface area contributed by atoms with Crippen LogP contribution in [-0.4, -0.2) is 0 Å². The number of para-hydroxylation sites is 1. The van der Waals surface area contributed by atoms with Gasteiger partial charge in [-0.05, 0) is 90.5 Å². The van der Waals surface area contributed by atoms with Crippen LogP contribution >= 0.6 is 0 Å². The molecule has 0 atom stereocenters. The molecule has 1 aliphatic heterocycles. The molecule has 45 heavy (non-hydrogen) atoms. The number of hydrogen-bond donors (Lipinski definition) is 0. The van der Waals surface area contributed by atoms with Crippen LogP contribution in [0.5, 0.6) is 11.5 Å². The zero-order chi connectivity index (χ0) is 29.5. The summed E-state index contributed by atoms with van der Waals surface area (Å²) in [6, 6.07) is 52.3. The minimum atomic E-state index is 0.817. The zero-order valence-corrected chi connectivity index (χ0v) is 24.4. The maximum absolute atomic E-state index is 6.63. The molecule has 1 aliphatic rings. The van der Waals surface area contributed by atoms with Crippen molar-refractivity contribution in [2.75, 3.05) is 0 Å². The van der Waals surface area contributed by atoms with Gasteiger partial charge in [-0.15, -0.1) is 0 Å². The summed E-state index contributed by atoms with van der Waals surface area (Å²) >= 11 is 0. The van der Waals surface area contributed by atoms with E-state index >= 15 is 0 Å². The highest BCUT2D eigenvalue weighted by Crippen LogP contribution is 2.45. The van der Waals surface area contributed by atoms with E-state index in [0.29, 0.717) is 0 Å². The summed E-state index contributed by atoms with van der Waals surface area (Å²) in [5.41, 5.74) is 8.74. The molecule has 210 valence electrons. The summed E-state index contributed by atoms with van der Waals surface area (Å²) in [7, 11) is 0. The van der Waals surface area contributed by atoms with Crippen LogP contribution in [0.4, 0.5) is 0 Å². The van der Waals surface area contributed by atoms with Gasteiger partial charge in [0.1, 0.15) is 11.3 Å². The van der Waals surface area contributed by atoms with Gasteiger partial charge in [-0.2, -0.15) is 0 Å². The quantitative estimate of drug-likeness (QED) is 0.192. The fraction of sp³-hybridized carbons (Fsp3) is 0.0233. The molecule has 0 amide bonds. The summed E-state index contributed by atoms with van der Waals surface area (Å²) < 4.78 is 12.9. The van der Waals surface area contributed by atoms with Gasteiger partial charge in [0, 0.05) is 22.8 Å². The van der Waals surface area contributed by atoms with E-state index in [4.69, 9.17) is 9.15 Å². The standard InChI is InChI=1S/C43H26O2/c1-2-12-34-32(10-1)33-11-3-4-13-35(33)39-24-28(18-20-36(34)39)26-8-7-9-27(22-26)29-16-17-30-23-31-19-21-38-37-14-5-6-15-40(37)44-43(38)42(31)45-41(30)25-29/h1-22,24-25H,23H2. The van der Waals surface area contributed by atoms with Crippen molar-refractivity contribution in [3.63, 3.8) is 0 Å². The Labute approximate surface area is 259 Å². The molecule has 0 N–H and O–H groups in total. The molecular formula is C43H26O2. The average molecular weight is 575 g/mol. The second kappa shape index (κ2) is 9.32. The van der Waals surface area contributed by atoms with Crippen molar-refractivity contribution in [2.45, 2.75) is 6.42 Å². The van der Waals surface area contributed by atoms with Crippen LogP contribution in [0.1, 0.15) is 11.1 Å². The van der Waals surface area contributed by atoms with Crippen molar-refractivity contribution in [2.24, 2.45) is 0 Å². The third kappa shape index (κ3) is 3.69. The number of hydrogen-bond acceptors (Lipinski definition) is 2. The monoisotopic (exact) mass is 574 g/mol. The summed E-state index contributed by atoms with van der Waals surface area (Å²) in [6.45, 7) is 0. The van der Waals surface area contributed by atoms with E-state index in [1.165, 1.54) is 49.0 Å². The molecule has 0 bridgehead atoms. The van der Waals surface area contributed by atoms with Crippen molar-refractivity contribution in [1.82, 2.24) is 0 Å². The first kappa shape index (κ1) is 24.6. The Balaban J connectivity index is 1.06. The first-order valence-corrected chi connectivity index (χ1v) is 15.5. The molecule has 0 unspecified atom stereocenters. The fourth-order valence-corrected chi connectivity index (χ4v) is 7.31. The lowest BCUT2D eigenvalue weighted by molar-refractivity contribution is 0.455. The SMILES string of the molecule is c1cc(-c2ccc3c(c2)Oc2c(ccc4c2oc2ccccc24)C3)cc(-c2ccc3c4ccccc4c4ccccc4c3c2)c1. The number of fused-ring (bicyclic) bond motifs is 12. The van der Waals surface area contributed by atoms with Crippen LogP contribution in [0.2, 0.25) is 0 Å². The van der Waals surface area contributed by atoms with E-state index in [1.807, 2.05) is 12.1 Å². The molecule has 0 saturated heterocycles. The molecule has 0 radical (unpaired) electrons. The lowest BCUT2D eigenvalue weighted by Gasteiger charge is -2.21.